The number of hydrogen-bond donors (Lipinski definition) is 3. The predicted octanol–water partition coefficient (Wildman–Crippen LogP) is 3.45. The molecule has 3 aromatic rings. The van der Waals surface area contributed by atoms with Crippen molar-refractivity contribution in [2.24, 2.45) is 0 Å². The zero-order valence-corrected chi connectivity index (χ0v) is 16.6. The van der Waals surface area contributed by atoms with Crippen molar-refractivity contribution in [3.63, 3.8) is 0 Å². The molecule has 0 spiro atoms. The van der Waals surface area contributed by atoms with Crippen LogP contribution >= 0.6 is 0 Å². The van der Waals surface area contributed by atoms with E-state index in [-0.39, 0.29) is 11.3 Å². The van der Waals surface area contributed by atoms with E-state index < -0.39 is 12.1 Å². The molecule has 2 aromatic carbocycles. The van der Waals surface area contributed by atoms with Gasteiger partial charge in [-0.15, -0.1) is 0 Å². The third kappa shape index (κ3) is 5.79. The molecule has 7 nitrogen and oxygen atoms in total. The fraction of sp³-hybridized carbons (Fsp3) is 0.217. The Morgan fingerprint density at radius 3 is 2.70 bits per heavy atom. The van der Waals surface area contributed by atoms with E-state index in [4.69, 9.17) is 9.47 Å². The molecule has 0 saturated heterocycles. The zero-order chi connectivity index (χ0) is 21.3. The summed E-state index contributed by atoms with van der Waals surface area (Å²) in [6, 6.07) is 15.9. The number of ether oxygens (including phenoxy) is 2. The molecule has 1 heterocycles. The number of nitrogens with zero attached hydrogens (tertiary/aromatic N) is 1. The van der Waals surface area contributed by atoms with Gasteiger partial charge >= 0.3 is 5.97 Å². The van der Waals surface area contributed by atoms with Gasteiger partial charge in [-0.3, -0.25) is 4.98 Å². The molecule has 1 atom stereocenters. The van der Waals surface area contributed by atoms with E-state index in [0.29, 0.717) is 24.6 Å². The van der Waals surface area contributed by atoms with Crippen molar-refractivity contribution in [2.75, 3.05) is 20.2 Å². The molecule has 0 aliphatic heterocycles. The minimum atomic E-state index is -1.08. The van der Waals surface area contributed by atoms with Gasteiger partial charge in [-0.1, -0.05) is 18.2 Å². The van der Waals surface area contributed by atoms with Crippen molar-refractivity contribution in [1.82, 2.24) is 10.3 Å². The maximum absolute atomic E-state index is 11.4. The molecular formula is C23H24N2O5. The van der Waals surface area contributed by atoms with Gasteiger partial charge in [-0.05, 0) is 54.9 Å². The summed E-state index contributed by atoms with van der Waals surface area (Å²) in [5.41, 5.74) is 1.88. The van der Waals surface area contributed by atoms with E-state index >= 15 is 0 Å². The first-order valence-corrected chi connectivity index (χ1v) is 9.53. The molecule has 3 rings (SSSR count). The molecule has 0 bridgehead atoms. The summed E-state index contributed by atoms with van der Waals surface area (Å²) < 4.78 is 10.9. The molecule has 3 N–H and O–H groups in total. The van der Waals surface area contributed by atoms with Crippen molar-refractivity contribution < 1.29 is 24.5 Å². The van der Waals surface area contributed by atoms with E-state index in [1.807, 2.05) is 30.3 Å². The normalized spacial score (nSPS) is 11.7. The number of pyridine rings is 1. The molecule has 156 valence electrons. The molecular weight excluding hydrogens is 384 g/mol. The van der Waals surface area contributed by atoms with Crippen molar-refractivity contribution >= 4 is 5.97 Å². The standard InChI is InChI=1S/C23H24N2O5/c1-29-22-8-7-19(13-20(22)23(27)28)30-18-6-2-4-16(12-18)9-11-25-15-21(26)17-5-3-10-24-14-17/h2-8,10,12-14,21,25-26H,9,11,15H2,1H3,(H,27,28)/t21-/m0/s1. The summed E-state index contributed by atoms with van der Waals surface area (Å²) in [5, 5.41) is 22.7. The van der Waals surface area contributed by atoms with Crippen LogP contribution in [0.2, 0.25) is 0 Å². The highest BCUT2D eigenvalue weighted by Crippen LogP contribution is 2.28. The number of aliphatic hydroxyl groups excluding tert-OH is 1. The summed E-state index contributed by atoms with van der Waals surface area (Å²) in [5.74, 6) is 0.237. The molecule has 0 fully saturated rings. The Morgan fingerprint density at radius 2 is 1.97 bits per heavy atom. The predicted molar refractivity (Wildman–Crippen MR) is 112 cm³/mol. The van der Waals surface area contributed by atoms with E-state index in [1.54, 1.807) is 30.6 Å². The monoisotopic (exact) mass is 408 g/mol. The van der Waals surface area contributed by atoms with Crippen LogP contribution in [0.1, 0.15) is 27.6 Å². The van der Waals surface area contributed by atoms with Gasteiger partial charge in [0.25, 0.3) is 0 Å². The number of aromatic nitrogens is 1. The van der Waals surface area contributed by atoms with Gasteiger partial charge < -0.3 is 25.0 Å². The van der Waals surface area contributed by atoms with E-state index in [9.17, 15) is 15.0 Å². The number of carboxylic acid groups (broad SMARTS) is 1. The zero-order valence-electron chi connectivity index (χ0n) is 16.6. The Hall–Kier alpha value is -3.42. The molecule has 0 amide bonds. The van der Waals surface area contributed by atoms with Gasteiger partial charge in [0.2, 0.25) is 0 Å². The molecule has 30 heavy (non-hydrogen) atoms. The molecule has 0 unspecified atom stereocenters. The third-order valence-corrected chi connectivity index (χ3v) is 4.53. The largest absolute Gasteiger partial charge is 0.496 e. The SMILES string of the molecule is COc1ccc(Oc2cccc(CCNC[C@H](O)c3cccnc3)c2)cc1C(=O)O. The summed E-state index contributed by atoms with van der Waals surface area (Å²) >= 11 is 0. The Balaban J connectivity index is 1.55. The Labute approximate surface area is 174 Å². The number of aromatic carboxylic acids is 1. The lowest BCUT2D eigenvalue weighted by molar-refractivity contribution is 0.0693. The van der Waals surface area contributed by atoms with Crippen LogP contribution in [0.15, 0.2) is 67.0 Å². The smallest absolute Gasteiger partial charge is 0.339 e. The number of methoxy groups -OCH3 is 1. The Kier molecular flexibility index (Phi) is 7.37. The highest BCUT2D eigenvalue weighted by atomic mass is 16.5. The number of carbonyl (C=O) groups is 1. The molecule has 0 radical (unpaired) electrons. The first-order chi connectivity index (χ1) is 14.6. The van der Waals surface area contributed by atoms with Gasteiger partial charge in [0.15, 0.2) is 0 Å². The second kappa shape index (κ2) is 10.4. The lowest BCUT2D eigenvalue weighted by atomic mass is 10.1. The number of hydrogen-bond acceptors (Lipinski definition) is 6. The molecule has 0 aliphatic rings. The lowest BCUT2D eigenvalue weighted by Gasteiger charge is -2.12. The van der Waals surface area contributed by atoms with Gasteiger partial charge in [-0.2, -0.15) is 0 Å². The first kappa shape index (κ1) is 21.3. The molecule has 1 aromatic heterocycles. The number of benzene rings is 2. The summed E-state index contributed by atoms with van der Waals surface area (Å²) in [7, 11) is 1.43. The Bertz CT molecular complexity index is 978. The second-order valence-corrected chi connectivity index (χ2v) is 6.67. The first-order valence-electron chi connectivity index (χ1n) is 9.53. The van der Waals surface area contributed by atoms with E-state index in [0.717, 1.165) is 17.5 Å². The quantitative estimate of drug-likeness (QED) is 0.442. The van der Waals surface area contributed by atoms with Crippen molar-refractivity contribution in [1.29, 1.82) is 0 Å². The number of rotatable bonds is 10. The lowest BCUT2D eigenvalue weighted by Crippen LogP contribution is -2.23. The van der Waals surface area contributed by atoms with Crippen molar-refractivity contribution in [2.45, 2.75) is 12.5 Å². The van der Waals surface area contributed by atoms with Crippen LogP contribution in [0.5, 0.6) is 17.2 Å². The van der Waals surface area contributed by atoms with Crippen LogP contribution in [-0.4, -0.2) is 41.4 Å². The van der Waals surface area contributed by atoms with Crippen molar-refractivity contribution in [3.8, 4) is 17.2 Å². The van der Waals surface area contributed by atoms with Crippen LogP contribution in [0.3, 0.4) is 0 Å². The van der Waals surface area contributed by atoms with Crippen LogP contribution in [0.25, 0.3) is 0 Å². The van der Waals surface area contributed by atoms with Gasteiger partial charge in [0.05, 0.1) is 13.2 Å². The van der Waals surface area contributed by atoms with E-state index in [1.165, 1.54) is 13.2 Å². The molecule has 0 aliphatic carbocycles. The third-order valence-electron chi connectivity index (χ3n) is 4.53. The van der Waals surface area contributed by atoms with Crippen LogP contribution in [0.4, 0.5) is 0 Å². The van der Waals surface area contributed by atoms with Crippen LogP contribution < -0.4 is 14.8 Å². The van der Waals surface area contributed by atoms with Gasteiger partial charge in [0, 0.05) is 24.5 Å². The average molecular weight is 408 g/mol. The fourth-order valence-corrected chi connectivity index (χ4v) is 2.98. The number of aliphatic hydroxyl groups is 1. The van der Waals surface area contributed by atoms with E-state index in [2.05, 4.69) is 10.3 Å². The van der Waals surface area contributed by atoms with Crippen molar-refractivity contribution in [3.05, 3.63) is 83.7 Å². The number of nitrogens with one attached hydrogen (secondary N) is 1. The highest BCUT2D eigenvalue weighted by Gasteiger charge is 2.13. The van der Waals surface area contributed by atoms with Gasteiger partial charge in [-0.25, -0.2) is 4.79 Å². The average Bonchev–Trinajstić information content (AvgIpc) is 2.77. The van der Waals surface area contributed by atoms with Crippen LogP contribution in [0, 0.1) is 0 Å². The fourth-order valence-electron chi connectivity index (χ4n) is 2.98. The van der Waals surface area contributed by atoms with Crippen LogP contribution in [-0.2, 0) is 6.42 Å². The molecule has 0 saturated carbocycles. The number of carboxylic acids is 1. The molecule has 7 heteroatoms. The second-order valence-electron chi connectivity index (χ2n) is 6.67. The maximum atomic E-state index is 11.4. The minimum absolute atomic E-state index is 0.0440. The van der Waals surface area contributed by atoms with Gasteiger partial charge in [0.1, 0.15) is 22.8 Å². The summed E-state index contributed by atoms with van der Waals surface area (Å²) in [6.45, 7) is 1.12. The highest BCUT2D eigenvalue weighted by molar-refractivity contribution is 5.91. The Morgan fingerprint density at radius 1 is 1.13 bits per heavy atom. The minimum Gasteiger partial charge on any atom is -0.496 e. The topological polar surface area (TPSA) is 101 Å². The summed E-state index contributed by atoms with van der Waals surface area (Å²) in [6.07, 6.45) is 3.47. The maximum Gasteiger partial charge on any atom is 0.339 e. The summed E-state index contributed by atoms with van der Waals surface area (Å²) in [4.78, 5) is 15.4.